The van der Waals surface area contributed by atoms with E-state index in [9.17, 15) is 0 Å². The normalized spacial score (nSPS) is 12.0. The van der Waals surface area contributed by atoms with Gasteiger partial charge in [-0.25, -0.2) is 0 Å². The lowest BCUT2D eigenvalue weighted by molar-refractivity contribution is 0.215. The summed E-state index contributed by atoms with van der Waals surface area (Å²) >= 11 is 5.97. The number of hydrogen-bond acceptors (Lipinski definition) is 1. The summed E-state index contributed by atoms with van der Waals surface area (Å²) in [5, 5.41) is 0. The SMILES string of the molecule is COCC[Si](C)(C)Cl. The van der Waals surface area contributed by atoms with Gasteiger partial charge in [0.25, 0.3) is 0 Å². The third kappa shape index (κ3) is 6.47. The van der Waals surface area contributed by atoms with E-state index in [-0.39, 0.29) is 0 Å². The highest BCUT2D eigenvalue weighted by Gasteiger charge is 2.15. The third-order valence-corrected chi connectivity index (χ3v) is 2.86. The zero-order valence-electron chi connectivity index (χ0n) is 5.70. The zero-order valence-corrected chi connectivity index (χ0v) is 7.46. The molecule has 0 aliphatic carbocycles. The molecule has 0 aliphatic heterocycles. The van der Waals surface area contributed by atoms with Crippen molar-refractivity contribution in [2.24, 2.45) is 0 Å². The molecular weight excluding hydrogens is 140 g/mol. The van der Waals surface area contributed by atoms with E-state index in [1.165, 1.54) is 0 Å². The molecule has 0 spiro atoms. The van der Waals surface area contributed by atoms with Crippen LogP contribution in [0.3, 0.4) is 0 Å². The van der Waals surface area contributed by atoms with E-state index < -0.39 is 7.38 Å². The molecule has 0 saturated heterocycles. The fraction of sp³-hybridized carbons (Fsp3) is 1.00. The van der Waals surface area contributed by atoms with Gasteiger partial charge in [0.05, 0.1) is 0 Å². The van der Waals surface area contributed by atoms with Gasteiger partial charge in [0, 0.05) is 13.7 Å². The molecule has 1 nitrogen and oxygen atoms in total. The van der Waals surface area contributed by atoms with E-state index in [0.29, 0.717) is 0 Å². The summed E-state index contributed by atoms with van der Waals surface area (Å²) in [7, 11) is 0.374. The molecule has 0 aromatic carbocycles. The minimum absolute atomic E-state index is 0.808. The zero-order chi connectivity index (χ0) is 6.62. The molecule has 3 heteroatoms. The molecule has 0 atom stereocenters. The van der Waals surface area contributed by atoms with Crippen LogP contribution in [0.15, 0.2) is 0 Å². The molecular formula is C5H13ClOSi. The van der Waals surface area contributed by atoms with Gasteiger partial charge < -0.3 is 4.74 Å². The summed E-state index contributed by atoms with van der Waals surface area (Å²) < 4.78 is 4.87. The summed E-state index contributed by atoms with van der Waals surface area (Å²) in [6.07, 6.45) is 0. The van der Waals surface area contributed by atoms with Gasteiger partial charge in [0.2, 0.25) is 0 Å². The van der Waals surface area contributed by atoms with Crippen molar-refractivity contribution < 1.29 is 4.74 Å². The van der Waals surface area contributed by atoms with Crippen LogP contribution in [0.4, 0.5) is 0 Å². The minimum Gasteiger partial charge on any atom is -0.385 e. The first-order valence-electron chi connectivity index (χ1n) is 2.74. The number of rotatable bonds is 3. The van der Waals surface area contributed by atoms with Gasteiger partial charge in [-0.2, -0.15) is 11.1 Å². The smallest absolute Gasteiger partial charge is 0.152 e. The quantitative estimate of drug-likeness (QED) is 0.445. The van der Waals surface area contributed by atoms with Crippen LogP contribution in [-0.2, 0) is 4.74 Å². The van der Waals surface area contributed by atoms with Gasteiger partial charge in [-0.1, -0.05) is 13.1 Å². The van der Waals surface area contributed by atoms with Crippen molar-refractivity contribution in [3.63, 3.8) is 0 Å². The molecule has 0 aliphatic rings. The third-order valence-electron chi connectivity index (χ3n) is 0.901. The standard InChI is InChI=1S/C5H13ClOSi/c1-7-4-5-8(2,3)6/h4-5H2,1-3H3. The van der Waals surface area contributed by atoms with Crippen molar-refractivity contribution in [2.45, 2.75) is 19.1 Å². The molecule has 0 radical (unpaired) electrons. The van der Waals surface area contributed by atoms with Gasteiger partial charge in [-0.15, -0.1) is 0 Å². The molecule has 0 unspecified atom stereocenters. The van der Waals surface area contributed by atoms with Gasteiger partial charge in [0.15, 0.2) is 7.38 Å². The van der Waals surface area contributed by atoms with Crippen LogP contribution < -0.4 is 0 Å². The van der Waals surface area contributed by atoms with Crippen LogP contribution in [0.25, 0.3) is 0 Å². The Bertz CT molecular complexity index is 59.9. The predicted molar refractivity (Wildman–Crippen MR) is 40.0 cm³/mol. The van der Waals surface area contributed by atoms with Crippen LogP contribution in [-0.4, -0.2) is 21.1 Å². The van der Waals surface area contributed by atoms with Crippen LogP contribution in [0.2, 0.25) is 19.1 Å². The average Bonchev–Trinajstić information content (AvgIpc) is 1.59. The molecule has 0 aromatic rings. The van der Waals surface area contributed by atoms with E-state index in [2.05, 4.69) is 13.1 Å². The summed E-state index contributed by atoms with van der Waals surface area (Å²) in [5.41, 5.74) is 0. The van der Waals surface area contributed by atoms with Crippen LogP contribution in [0.1, 0.15) is 0 Å². The van der Waals surface area contributed by atoms with Crippen LogP contribution in [0.5, 0.6) is 0 Å². The maximum absolute atomic E-state index is 5.97. The number of ether oxygens (including phenoxy) is 1. The molecule has 8 heavy (non-hydrogen) atoms. The van der Waals surface area contributed by atoms with Crippen LogP contribution >= 0.6 is 11.1 Å². The lowest BCUT2D eigenvalue weighted by Crippen LogP contribution is -2.17. The fourth-order valence-electron chi connectivity index (χ4n) is 0.345. The van der Waals surface area contributed by atoms with Gasteiger partial charge in [-0.05, 0) is 6.04 Å². The number of halogens is 1. The second-order valence-corrected chi connectivity index (χ2v) is 9.47. The van der Waals surface area contributed by atoms with Crippen molar-refractivity contribution in [2.75, 3.05) is 13.7 Å². The lowest BCUT2D eigenvalue weighted by Gasteiger charge is -2.10. The first kappa shape index (κ1) is 8.47. The number of methoxy groups -OCH3 is 1. The first-order chi connectivity index (χ1) is 3.56. The molecule has 0 saturated carbocycles. The summed E-state index contributed by atoms with van der Waals surface area (Å²) in [5.74, 6) is 0. The topological polar surface area (TPSA) is 9.23 Å². The van der Waals surface area contributed by atoms with Crippen LogP contribution in [0, 0.1) is 0 Å². The Hall–Kier alpha value is 0.467. The van der Waals surface area contributed by atoms with Gasteiger partial charge >= 0.3 is 0 Å². The van der Waals surface area contributed by atoms with Crippen molar-refractivity contribution in [1.29, 1.82) is 0 Å². The molecule has 0 bridgehead atoms. The van der Waals surface area contributed by atoms with Crippen molar-refractivity contribution in [3.8, 4) is 0 Å². The monoisotopic (exact) mass is 152 g/mol. The van der Waals surface area contributed by atoms with Crippen molar-refractivity contribution in [1.82, 2.24) is 0 Å². The summed E-state index contributed by atoms with van der Waals surface area (Å²) in [4.78, 5) is 0. The highest BCUT2D eigenvalue weighted by molar-refractivity contribution is 7.19. The molecule has 50 valence electrons. The largest absolute Gasteiger partial charge is 0.385 e. The van der Waals surface area contributed by atoms with E-state index in [0.717, 1.165) is 12.7 Å². The Balaban J connectivity index is 3.11. The molecule has 0 N–H and O–H groups in total. The van der Waals surface area contributed by atoms with Crippen molar-refractivity contribution >= 4 is 18.5 Å². The van der Waals surface area contributed by atoms with E-state index in [1.807, 2.05) is 0 Å². The van der Waals surface area contributed by atoms with E-state index in [4.69, 9.17) is 15.8 Å². The fourth-order valence-corrected chi connectivity index (χ4v) is 1.27. The highest BCUT2D eigenvalue weighted by Crippen LogP contribution is 2.12. The second-order valence-electron chi connectivity index (χ2n) is 2.46. The maximum Gasteiger partial charge on any atom is 0.152 e. The Kier molecular flexibility index (Phi) is 3.69. The Morgan fingerprint density at radius 1 is 1.50 bits per heavy atom. The lowest BCUT2D eigenvalue weighted by atomic mass is 10.9. The molecule has 0 heterocycles. The first-order valence-corrected chi connectivity index (χ1v) is 6.96. The maximum atomic E-state index is 5.97. The molecule has 0 amide bonds. The Morgan fingerprint density at radius 3 is 2.12 bits per heavy atom. The average molecular weight is 153 g/mol. The molecule has 0 fully saturated rings. The summed E-state index contributed by atoms with van der Waals surface area (Å²) in [6, 6.07) is 1.05. The Labute approximate surface area is 56.7 Å². The highest BCUT2D eigenvalue weighted by atomic mass is 35.6. The second kappa shape index (κ2) is 3.48. The summed E-state index contributed by atoms with van der Waals surface area (Å²) in [6.45, 7) is 5.05. The van der Waals surface area contributed by atoms with Crippen molar-refractivity contribution in [3.05, 3.63) is 0 Å². The van der Waals surface area contributed by atoms with E-state index >= 15 is 0 Å². The molecule has 0 rings (SSSR count). The predicted octanol–water partition coefficient (Wildman–Crippen LogP) is 2.08. The van der Waals surface area contributed by atoms with Gasteiger partial charge in [-0.3, -0.25) is 0 Å². The van der Waals surface area contributed by atoms with Gasteiger partial charge in [0.1, 0.15) is 0 Å². The molecule has 0 aromatic heterocycles. The van der Waals surface area contributed by atoms with E-state index in [1.54, 1.807) is 7.11 Å². The number of hydrogen-bond donors (Lipinski definition) is 0. The minimum atomic E-state index is -1.33. The Morgan fingerprint density at radius 2 is 2.00 bits per heavy atom.